The van der Waals surface area contributed by atoms with Gasteiger partial charge in [0.15, 0.2) is 0 Å². The van der Waals surface area contributed by atoms with Crippen molar-refractivity contribution in [3.63, 3.8) is 0 Å². The average molecular weight is 279 g/mol. The lowest BCUT2D eigenvalue weighted by molar-refractivity contribution is -0.0128. The first-order valence-electron chi connectivity index (χ1n) is 8.04. The normalized spacial score (nSPS) is 23.1. The van der Waals surface area contributed by atoms with Crippen LogP contribution in [0.1, 0.15) is 53.9 Å². The standard InChI is InChI=1S/C14H21NO.2C2H6/c1-4-5-6-13-12(2)11-14(16-13)7-9-15(3)10-8-14;2*1-2/h4-6H,2,7-11H2,1,3H3;2*1-2H3/b5-4-,13-6+;;. The molecule has 0 aromatic rings. The largest absolute Gasteiger partial charge is 0.487 e. The fourth-order valence-corrected chi connectivity index (χ4v) is 2.46. The highest BCUT2D eigenvalue weighted by atomic mass is 16.5. The van der Waals surface area contributed by atoms with Gasteiger partial charge in [0, 0.05) is 32.4 Å². The summed E-state index contributed by atoms with van der Waals surface area (Å²) in [6.45, 7) is 16.4. The lowest BCUT2D eigenvalue weighted by Crippen LogP contribution is -2.42. The molecule has 0 aromatic heterocycles. The molecule has 2 heteroatoms. The van der Waals surface area contributed by atoms with Crippen molar-refractivity contribution >= 4 is 0 Å². The Labute approximate surface area is 126 Å². The first kappa shape index (κ1) is 19.0. The van der Waals surface area contributed by atoms with Crippen molar-refractivity contribution in [1.82, 2.24) is 4.90 Å². The number of hydrogen-bond donors (Lipinski definition) is 0. The summed E-state index contributed by atoms with van der Waals surface area (Å²) in [5.41, 5.74) is 1.21. The van der Waals surface area contributed by atoms with E-state index in [9.17, 15) is 0 Å². The molecule has 0 atom stereocenters. The summed E-state index contributed by atoms with van der Waals surface area (Å²) in [7, 11) is 2.17. The van der Waals surface area contributed by atoms with Gasteiger partial charge in [-0.15, -0.1) is 0 Å². The first-order valence-corrected chi connectivity index (χ1v) is 8.04. The molecule has 2 nitrogen and oxygen atoms in total. The molecule has 0 radical (unpaired) electrons. The summed E-state index contributed by atoms with van der Waals surface area (Å²) in [4.78, 5) is 2.37. The van der Waals surface area contributed by atoms with Gasteiger partial charge in [-0.05, 0) is 25.6 Å². The number of allylic oxidation sites excluding steroid dienone is 4. The molecule has 2 rings (SSSR count). The summed E-state index contributed by atoms with van der Waals surface area (Å²) in [6, 6.07) is 0. The number of piperidine rings is 1. The fraction of sp³-hybridized carbons (Fsp3) is 0.667. The van der Waals surface area contributed by atoms with Gasteiger partial charge in [-0.1, -0.05) is 46.4 Å². The van der Waals surface area contributed by atoms with Crippen LogP contribution in [0.25, 0.3) is 0 Å². The van der Waals surface area contributed by atoms with E-state index in [1.54, 1.807) is 0 Å². The first-order chi connectivity index (χ1) is 9.65. The molecular weight excluding hydrogens is 246 g/mol. The molecule has 0 aliphatic carbocycles. The summed E-state index contributed by atoms with van der Waals surface area (Å²) >= 11 is 0. The van der Waals surface area contributed by atoms with Gasteiger partial charge >= 0.3 is 0 Å². The molecule has 0 saturated carbocycles. The Morgan fingerprint density at radius 3 is 2.20 bits per heavy atom. The quantitative estimate of drug-likeness (QED) is 0.674. The molecule has 0 amide bonds. The molecule has 2 aliphatic heterocycles. The van der Waals surface area contributed by atoms with Crippen molar-refractivity contribution in [2.45, 2.75) is 59.5 Å². The highest BCUT2D eigenvalue weighted by molar-refractivity contribution is 5.33. The molecule has 2 saturated heterocycles. The van der Waals surface area contributed by atoms with Gasteiger partial charge in [-0.25, -0.2) is 0 Å². The summed E-state index contributed by atoms with van der Waals surface area (Å²) in [5.74, 6) is 0.989. The van der Waals surface area contributed by atoms with E-state index in [2.05, 4.69) is 18.5 Å². The van der Waals surface area contributed by atoms with E-state index in [1.807, 2.05) is 52.8 Å². The minimum absolute atomic E-state index is 0.0526. The molecule has 2 fully saturated rings. The topological polar surface area (TPSA) is 12.5 Å². The van der Waals surface area contributed by atoms with E-state index in [4.69, 9.17) is 4.74 Å². The highest BCUT2D eigenvalue weighted by Crippen LogP contribution is 2.42. The third-order valence-corrected chi connectivity index (χ3v) is 3.55. The Balaban J connectivity index is 0.000000829. The maximum atomic E-state index is 6.14. The minimum Gasteiger partial charge on any atom is -0.487 e. The summed E-state index contributed by atoms with van der Waals surface area (Å²) in [5, 5.41) is 0. The van der Waals surface area contributed by atoms with Crippen LogP contribution >= 0.6 is 0 Å². The zero-order valence-corrected chi connectivity index (χ0v) is 14.3. The van der Waals surface area contributed by atoms with E-state index in [0.29, 0.717) is 0 Å². The summed E-state index contributed by atoms with van der Waals surface area (Å²) in [6.07, 6.45) is 9.32. The second-order valence-corrected chi connectivity index (χ2v) is 4.93. The Morgan fingerprint density at radius 1 is 1.15 bits per heavy atom. The number of hydrogen-bond acceptors (Lipinski definition) is 2. The molecule has 1 spiro atoms. The van der Waals surface area contributed by atoms with Crippen LogP contribution in [0.3, 0.4) is 0 Å². The molecule has 0 bridgehead atoms. The second kappa shape index (κ2) is 9.82. The zero-order valence-electron chi connectivity index (χ0n) is 14.3. The van der Waals surface area contributed by atoms with Crippen LogP contribution in [0.5, 0.6) is 0 Å². The van der Waals surface area contributed by atoms with Gasteiger partial charge in [0.2, 0.25) is 0 Å². The monoisotopic (exact) mass is 279 g/mol. The van der Waals surface area contributed by atoms with Crippen LogP contribution < -0.4 is 0 Å². The number of likely N-dealkylation sites (tertiary alicyclic amines) is 1. The number of nitrogens with zero attached hydrogens (tertiary/aromatic N) is 1. The van der Waals surface area contributed by atoms with Gasteiger partial charge in [0.25, 0.3) is 0 Å². The Morgan fingerprint density at radius 2 is 1.70 bits per heavy atom. The number of rotatable bonds is 1. The Kier molecular flexibility index (Phi) is 9.32. The maximum absolute atomic E-state index is 6.14. The van der Waals surface area contributed by atoms with E-state index in [1.165, 1.54) is 0 Å². The maximum Gasteiger partial charge on any atom is 0.122 e. The molecule has 0 aromatic carbocycles. The highest BCUT2D eigenvalue weighted by Gasteiger charge is 2.42. The SMILES string of the molecule is C=C1CC2(CCN(C)CC2)O/C1=C/C=C\C.CC.CC. The van der Waals surface area contributed by atoms with Crippen molar-refractivity contribution in [2.24, 2.45) is 0 Å². The van der Waals surface area contributed by atoms with Crippen LogP contribution in [0, 0.1) is 0 Å². The minimum atomic E-state index is 0.0526. The van der Waals surface area contributed by atoms with Crippen LogP contribution in [-0.2, 0) is 4.74 Å². The van der Waals surface area contributed by atoms with Gasteiger partial charge in [-0.2, -0.15) is 0 Å². The van der Waals surface area contributed by atoms with Crippen molar-refractivity contribution < 1.29 is 4.74 Å². The van der Waals surface area contributed by atoms with Gasteiger partial charge in [0.05, 0.1) is 0 Å². The van der Waals surface area contributed by atoms with Crippen molar-refractivity contribution in [3.05, 3.63) is 36.1 Å². The molecule has 0 N–H and O–H groups in total. The molecule has 2 heterocycles. The van der Waals surface area contributed by atoms with Crippen LogP contribution in [-0.4, -0.2) is 30.6 Å². The van der Waals surface area contributed by atoms with Crippen molar-refractivity contribution in [2.75, 3.05) is 20.1 Å². The van der Waals surface area contributed by atoms with E-state index >= 15 is 0 Å². The van der Waals surface area contributed by atoms with Crippen molar-refractivity contribution in [3.8, 4) is 0 Å². The van der Waals surface area contributed by atoms with E-state index in [-0.39, 0.29) is 5.60 Å². The van der Waals surface area contributed by atoms with Crippen LogP contribution in [0.4, 0.5) is 0 Å². The molecular formula is C18H33NO. The lowest BCUT2D eigenvalue weighted by atomic mass is 9.88. The molecule has 116 valence electrons. The third-order valence-electron chi connectivity index (χ3n) is 3.55. The average Bonchev–Trinajstić information content (AvgIpc) is 2.81. The van der Waals surface area contributed by atoms with Crippen LogP contribution in [0.15, 0.2) is 36.1 Å². The fourth-order valence-electron chi connectivity index (χ4n) is 2.46. The molecule has 20 heavy (non-hydrogen) atoms. The third kappa shape index (κ3) is 5.16. The predicted octanol–water partition coefficient (Wildman–Crippen LogP) is 4.94. The Hall–Kier alpha value is -1.02. The predicted molar refractivity (Wildman–Crippen MR) is 89.9 cm³/mol. The summed E-state index contributed by atoms with van der Waals surface area (Å²) < 4.78 is 6.14. The van der Waals surface area contributed by atoms with Gasteiger partial charge in [0.1, 0.15) is 11.4 Å². The number of ether oxygens (including phenoxy) is 1. The Bertz CT molecular complexity index is 333. The van der Waals surface area contributed by atoms with Gasteiger partial charge in [-0.3, -0.25) is 0 Å². The lowest BCUT2D eigenvalue weighted by Gasteiger charge is -2.36. The molecule has 2 aliphatic rings. The van der Waals surface area contributed by atoms with Gasteiger partial charge < -0.3 is 9.64 Å². The zero-order chi connectivity index (χ0) is 15.6. The second-order valence-electron chi connectivity index (χ2n) is 4.93. The van der Waals surface area contributed by atoms with E-state index in [0.717, 1.165) is 43.7 Å². The van der Waals surface area contributed by atoms with Crippen LogP contribution in [0.2, 0.25) is 0 Å². The van der Waals surface area contributed by atoms with E-state index < -0.39 is 0 Å². The van der Waals surface area contributed by atoms with Crippen molar-refractivity contribution in [1.29, 1.82) is 0 Å². The smallest absolute Gasteiger partial charge is 0.122 e. The molecule has 0 unspecified atom stereocenters.